The molecule has 0 radical (unpaired) electrons. The van der Waals surface area contributed by atoms with Crippen LogP contribution < -0.4 is 0 Å². The van der Waals surface area contributed by atoms with E-state index < -0.39 is 0 Å². The number of rotatable bonds is 3. The number of hydrogen-bond acceptors (Lipinski definition) is 2. The molecular formula is C14H19NO. The third kappa shape index (κ3) is 1.84. The normalized spacial score (nSPS) is 12.2. The van der Waals surface area contributed by atoms with Crippen LogP contribution in [0.3, 0.4) is 0 Å². The number of fused-ring (bicyclic) bond motifs is 1. The van der Waals surface area contributed by atoms with Crippen LogP contribution in [0.1, 0.15) is 44.9 Å². The van der Waals surface area contributed by atoms with Crippen LogP contribution in [0.4, 0.5) is 0 Å². The number of hydrogen-bond donors (Lipinski definition) is 0. The minimum Gasteiger partial charge on any atom is -0.356 e. The zero-order valence-electron chi connectivity index (χ0n) is 10.5. The molecule has 0 aliphatic carbocycles. The van der Waals surface area contributed by atoms with Gasteiger partial charge in [0.25, 0.3) is 0 Å². The monoisotopic (exact) mass is 217 g/mol. The van der Waals surface area contributed by atoms with Crippen LogP contribution in [0.15, 0.2) is 22.7 Å². The molecule has 16 heavy (non-hydrogen) atoms. The smallest absolute Gasteiger partial charge is 0.167 e. The van der Waals surface area contributed by atoms with Crippen LogP contribution >= 0.6 is 0 Å². The number of benzene rings is 1. The Labute approximate surface area is 96.6 Å². The summed E-state index contributed by atoms with van der Waals surface area (Å²) in [5, 5.41) is 5.42. The summed E-state index contributed by atoms with van der Waals surface area (Å²) in [7, 11) is 0. The third-order valence-corrected chi connectivity index (χ3v) is 3.14. The van der Waals surface area contributed by atoms with Gasteiger partial charge in [0.1, 0.15) is 0 Å². The second-order valence-electron chi connectivity index (χ2n) is 5.16. The highest BCUT2D eigenvalue weighted by Crippen LogP contribution is 2.33. The van der Waals surface area contributed by atoms with Crippen molar-refractivity contribution in [1.29, 1.82) is 0 Å². The van der Waals surface area contributed by atoms with Gasteiger partial charge in [0.2, 0.25) is 0 Å². The molecule has 0 atom stereocenters. The largest absolute Gasteiger partial charge is 0.356 e. The van der Waals surface area contributed by atoms with Crippen molar-refractivity contribution < 1.29 is 4.52 Å². The van der Waals surface area contributed by atoms with E-state index in [0.29, 0.717) is 0 Å². The van der Waals surface area contributed by atoms with Gasteiger partial charge in [0.15, 0.2) is 5.58 Å². The summed E-state index contributed by atoms with van der Waals surface area (Å²) in [6.45, 7) is 8.77. The summed E-state index contributed by atoms with van der Waals surface area (Å²) in [6.07, 6.45) is 2.29. The van der Waals surface area contributed by atoms with Crippen LogP contribution in [-0.4, -0.2) is 5.16 Å². The molecular weight excluding hydrogens is 198 g/mol. The average Bonchev–Trinajstić information content (AvgIpc) is 2.60. The number of aryl methyl sites for hydroxylation is 1. The van der Waals surface area contributed by atoms with E-state index >= 15 is 0 Å². The third-order valence-electron chi connectivity index (χ3n) is 3.14. The Morgan fingerprint density at radius 1 is 1.31 bits per heavy atom. The molecule has 1 aromatic carbocycles. The molecule has 0 saturated carbocycles. The van der Waals surface area contributed by atoms with Gasteiger partial charge in [-0.3, -0.25) is 0 Å². The molecule has 0 fully saturated rings. The maximum absolute atomic E-state index is 5.39. The lowest BCUT2D eigenvalue weighted by Gasteiger charge is -2.21. The summed E-state index contributed by atoms with van der Waals surface area (Å²) >= 11 is 0. The lowest BCUT2D eigenvalue weighted by molar-refractivity contribution is 0.392. The van der Waals surface area contributed by atoms with E-state index in [-0.39, 0.29) is 5.41 Å². The highest BCUT2D eigenvalue weighted by Gasteiger charge is 2.26. The highest BCUT2D eigenvalue weighted by atomic mass is 16.5. The molecule has 0 spiro atoms. The molecule has 86 valence electrons. The SMILES string of the molecule is CCCC(C)(C)c1noc2ccc(C)cc12. The quantitative estimate of drug-likeness (QED) is 0.769. The first-order chi connectivity index (χ1) is 7.54. The van der Waals surface area contributed by atoms with Gasteiger partial charge in [-0.15, -0.1) is 0 Å². The zero-order chi connectivity index (χ0) is 11.8. The second kappa shape index (κ2) is 3.93. The highest BCUT2D eigenvalue weighted by molar-refractivity contribution is 5.81. The Morgan fingerprint density at radius 2 is 2.06 bits per heavy atom. The average molecular weight is 217 g/mol. The van der Waals surface area contributed by atoms with Gasteiger partial charge in [0, 0.05) is 10.8 Å². The van der Waals surface area contributed by atoms with Crippen molar-refractivity contribution in [3.05, 3.63) is 29.5 Å². The van der Waals surface area contributed by atoms with Crippen LogP contribution in [-0.2, 0) is 5.41 Å². The molecule has 0 bridgehead atoms. The first kappa shape index (κ1) is 11.2. The van der Waals surface area contributed by atoms with Crippen LogP contribution in [0.25, 0.3) is 11.0 Å². The molecule has 2 nitrogen and oxygen atoms in total. The van der Waals surface area contributed by atoms with E-state index in [9.17, 15) is 0 Å². The maximum Gasteiger partial charge on any atom is 0.167 e. The molecule has 2 aromatic rings. The summed E-state index contributed by atoms with van der Waals surface area (Å²) in [4.78, 5) is 0. The van der Waals surface area contributed by atoms with E-state index in [2.05, 4.69) is 45.0 Å². The zero-order valence-corrected chi connectivity index (χ0v) is 10.5. The van der Waals surface area contributed by atoms with Gasteiger partial charge in [-0.1, -0.05) is 44.0 Å². The second-order valence-corrected chi connectivity index (χ2v) is 5.16. The number of aromatic nitrogens is 1. The molecule has 0 aliphatic rings. The Hall–Kier alpha value is -1.31. The van der Waals surface area contributed by atoms with Crippen molar-refractivity contribution in [2.45, 2.75) is 46.0 Å². The predicted molar refractivity (Wildman–Crippen MR) is 66.7 cm³/mol. The lowest BCUT2D eigenvalue weighted by Crippen LogP contribution is -2.17. The standard InChI is InChI=1S/C14H19NO/c1-5-8-14(3,4)13-11-9-10(2)6-7-12(11)16-15-13/h6-7,9H,5,8H2,1-4H3. The minimum atomic E-state index is 0.0911. The van der Waals surface area contributed by atoms with Crippen molar-refractivity contribution in [1.82, 2.24) is 5.16 Å². The molecule has 0 aliphatic heterocycles. The molecule has 0 amide bonds. The predicted octanol–water partition coefficient (Wildman–Crippen LogP) is 4.21. The van der Waals surface area contributed by atoms with Crippen LogP contribution in [0.5, 0.6) is 0 Å². The summed E-state index contributed by atoms with van der Waals surface area (Å²) < 4.78 is 5.39. The first-order valence-electron chi connectivity index (χ1n) is 5.91. The summed E-state index contributed by atoms with van der Waals surface area (Å²) in [5.41, 5.74) is 3.33. The Kier molecular flexibility index (Phi) is 2.75. The Morgan fingerprint density at radius 3 is 2.75 bits per heavy atom. The van der Waals surface area contributed by atoms with E-state index in [1.807, 2.05) is 6.07 Å². The fourth-order valence-electron chi connectivity index (χ4n) is 2.28. The van der Waals surface area contributed by atoms with E-state index in [1.165, 1.54) is 10.9 Å². The topological polar surface area (TPSA) is 26.0 Å². The lowest BCUT2D eigenvalue weighted by atomic mass is 9.83. The van der Waals surface area contributed by atoms with Crippen LogP contribution in [0, 0.1) is 6.92 Å². The molecule has 2 heteroatoms. The molecule has 0 N–H and O–H groups in total. The summed E-state index contributed by atoms with van der Waals surface area (Å²) in [6, 6.07) is 6.23. The van der Waals surface area contributed by atoms with E-state index in [0.717, 1.165) is 24.1 Å². The van der Waals surface area contributed by atoms with Gasteiger partial charge >= 0.3 is 0 Å². The van der Waals surface area contributed by atoms with Crippen molar-refractivity contribution in [3.63, 3.8) is 0 Å². The van der Waals surface area contributed by atoms with Gasteiger partial charge in [-0.2, -0.15) is 0 Å². The fourth-order valence-corrected chi connectivity index (χ4v) is 2.28. The van der Waals surface area contributed by atoms with Crippen molar-refractivity contribution in [2.24, 2.45) is 0 Å². The number of nitrogens with zero attached hydrogens (tertiary/aromatic N) is 1. The van der Waals surface area contributed by atoms with Crippen molar-refractivity contribution >= 4 is 11.0 Å². The van der Waals surface area contributed by atoms with Crippen molar-refractivity contribution in [3.8, 4) is 0 Å². The van der Waals surface area contributed by atoms with Crippen molar-refractivity contribution in [2.75, 3.05) is 0 Å². The summed E-state index contributed by atoms with van der Waals surface area (Å²) in [5.74, 6) is 0. The van der Waals surface area contributed by atoms with E-state index in [4.69, 9.17) is 4.52 Å². The van der Waals surface area contributed by atoms with Gasteiger partial charge in [-0.05, 0) is 25.5 Å². The fraction of sp³-hybridized carbons (Fsp3) is 0.500. The molecule has 2 rings (SSSR count). The minimum absolute atomic E-state index is 0.0911. The van der Waals surface area contributed by atoms with E-state index in [1.54, 1.807) is 0 Å². The van der Waals surface area contributed by atoms with Gasteiger partial charge in [-0.25, -0.2) is 0 Å². The first-order valence-corrected chi connectivity index (χ1v) is 5.91. The van der Waals surface area contributed by atoms with Gasteiger partial charge < -0.3 is 4.52 Å². The van der Waals surface area contributed by atoms with Gasteiger partial charge in [0.05, 0.1) is 5.69 Å². The molecule has 0 saturated heterocycles. The molecule has 0 unspecified atom stereocenters. The Balaban J connectivity index is 2.56. The molecule has 1 heterocycles. The van der Waals surface area contributed by atoms with Crippen LogP contribution in [0.2, 0.25) is 0 Å². The Bertz CT molecular complexity index is 496. The maximum atomic E-state index is 5.39. The molecule has 1 aromatic heterocycles.